The number of nitrogens with zero attached hydrogens (tertiary/aromatic N) is 2. The first kappa shape index (κ1) is 20.2. The number of nitrogens with one attached hydrogen (secondary N) is 1. The summed E-state index contributed by atoms with van der Waals surface area (Å²) < 4.78 is 10.8. The summed E-state index contributed by atoms with van der Waals surface area (Å²) in [5, 5.41) is 12.0. The largest absolute Gasteiger partial charge is 0.497 e. The minimum absolute atomic E-state index is 0.0506. The maximum atomic E-state index is 12.0. The van der Waals surface area contributed by atoms with E-state index in [0.717, 1.165) is 16.9 Å². The number of methoxy groups -OCH3 is 1. The van der Waals surface area contributed by atoms with Crippen molar-refractivity contribution >= 4 is 29.3 Å². The highest BCUT2D eigenvalue weighted by Crippen LogP contribution is 2.20. The molecule has 0 atom stereocenters. The summed E-state index contributed by atoms with van der Waals surface area (Å²) in [6, 6.07) is 15.1. The molecule has 3 aromatic rings. The molecule has 0 aliphatic carbocycles. The summed E-state index contributed by atoms with van der Waals surface area (Å²) in [5.74, 6) is 1.85. The topological polar surface area (TPSA) is 77.2 Å². The molecule has 0 aliphatic rings. The van der Waals surface area contributed by atoms with E-state index in [4.69, 9.17) is 20.8 Å². The van der Waals surface area contributed by atoms with Gasteiger partial charge in [-0.15, -0.1) is 10.2 Å². The second kappa shape index (κ2) is 10.1. The SMILES string of the molecule is COc1ccc(Cc2nnc(SCCC(=O)NCc3ccccc3Cl)o2)cc1. The molecule has 0 radical (unpaired) electrons. The maximum absolute atomic E-state index is 12.0. The van der Waals surface area contributed by atoms with Crippen molar-refractivity contribution in [3.8, 4) is 5.75 Å². The number of amides is 1. The fraction of sp³-hybridized carbons (Fsp3) is 0.250. The Balaban J connectivity index is 1.40. The molecule has 0 aliphatic heterocycles. The molecule has 0 unspecified atom stereocenters. The van der Waals surface area contributed by atoms with Crippen LogP contribution in [0.25, 0.3) is 0 Å². The van der Waals surface area contributed by atoms with E-state index in [-0.39, 0.29) is 5.91 Å². The molecule has 28 heavy (non-hydrogen) atoms. The first-order valence-electron chi connectivity index (χ1n) is 8.72. The van der Waals surface area contributed by atoms with E-state index in [1.807, 2.05) is 42.5 Å². The molecular weight excluding hydrogens is 398 g/mol. The molecule has 8 heteroatoms. The molecule has 1 aromatic heterocycles. The molecule has 1 N–H and O–H groups in total. The van der Waals surface area contributed by atoms with Gasteiger partial charge in [0.15, 0.2) is 0 Å². The van der Waals surface area contributed by atoms with E-state index in [2.05, 4.69) is 15.5 Å². The summed E-state index contributed by atoms with van der Waals surface area (Å²) in [4.78, 5) is 12.0. The van der Waals surface area contributed by atoms with Gasteiger partial charge in [0.05, 0.1) is 13.5 Å². The van der Waals surface area contributed by atoms with Gasteiger partial charge in [-0.1, -0.05) is 53.7 Å². The normalized spacial score (nSPS) is 10.6. The van der Waals surface area contributed by atoms with Crippen LogP contribution in [-0.2, 0) is 17.8 Å². The predicted octanol–water partition coefficient (Wildman–Crippen LogP) is 4.12. The molecular formula is C20H20ClN3O3S. The Bertz CT molecular complexity index is 915. The van der Waals surface area contributed by atoms with Gasteiger partial charge in [0.2, 0.25) is 11.8 Å². The smallest absolute Gasteiger partial charge is 0.276 e. The number of carbonyl (C=O) groups is 1. The van der Waals surface area contributed by atoms with Crippen molar-refractivity contribution in [2.45, 2.75) is 24.6 Å². The van der Waals surface area contributed by atoms with Crippen LogP contribution in [0.2, 0.25) is 5.02 Å². The first-order valence-corrected chi connectivity index (χ1v) is 10.1. The minimum atomic E-state index is -0.0506. The predicted molar refractivity (Wildman–Crippen MR) is 109 cm³/mol. The lowest BCUT2D eigenvalue weighted by molar-refractivity contribution is -0.120. The zero-order valence-electron chi connectivity index (χ0n) is 15.4. The fourth-order valence-electron chi connectivity index (χ4n) is 2.44. The van der Waals surface area contributed by atoms with Crippen molar-refractivity contribution < 1.29 is 13.9 Å². The third kappa shape index (κ3) is 6.00. The molecule has 0 saturated carbocycles. The van der Waals surface area contributed by atoms with Crippen LogP contribution in [0.1, 0.15) is 23.4 Å². The number of ether oxygens (including phenoxy) is 1. The number of aromatic nitrogens is 2. The zero-order valence-corrected chi connectivity index (χ0v) is 16.9. The molecule has 146 valence electrons. The second-order valence-electron chi connectivity index (χ2n) is 5.95. The van der Waals surface area contributed by atoms with Crippen LogP contribution < -0.4 is 10.1 Å². The van der Waals surface area contributed by atoms with Crippen LogP contribution in [-0.4, -0.2) is 29.0 Å². The number of thioether (sulfide) groups is 1. The quantitative estimate of drug-likeness (QED) is 0.527. The van der Waals surface area contributed by atoms with Gasteiger partial charge < -0.3 is 14.5 Å². The summed E-state index contributed by atoms with van der Waals surface area (Å²) in [7, 11) is 1.63. The number of hydrogen-bond acceptors (Lipinski definition) is 6. The van der Waals surface area contributed by atoms with E-state index in [9.17, 15) is 4.79 Å². The number of halogens is 1. The highest BCUT2D eigenvalue weighted by molar-refractivity contribution is 7.99. The molecule has 2 aromatic carbocycles. The third-order valence-electron chi connectivity index (χ3n) is 3.95. The van der Waals surface area contributed by atoms with Crippen LogP contribution in [0, 0.1) is 0 Å². The lowest BCUT2D eigenvalue weighted by Gasteiger charge is -2.06. The highest BCUT2D eigenvalue weighted by atomic mass is 35.5. The van der Waals surface area contributed by atoms with Gasteiger partial charge >= 0.3 is 0 Å². The molecule has 0 spiro atoms. The van der Waals surface area contributed by atoms with Crippen LogP contribution in [0.15, 0.2) is 58.2 Å². The van der Waals surface area contributed by atoms with E-state index >= 15 is 0 Å². The maximum Gasteiger partial charge on any atom is 0.276 e. The van der Waals surface area contributed by atoms with E-state index in [1.165, 1.54) is 11.8 Å². The summed E-state index contributed by atoms with van der Waals surface area (Å²) in [6.07, 6.45) is 0.904. The number of hydrogen-bond donors (Lipinski definition) is 1. The standard InChI is InChI=1S/C20H20ClN3O3S/c1-26-16-8-6-14(7-9-16)12-19-23-24-20(27-19)28-11-10-18(25)22-13-15-4-2-3-5-17(15)21/h2-9H,10-13H2,1H3,(H,22,25). The van der Waals surface area contributed by atoms with Crippen LogP contribution in [0.4, 0.5) is 0 Å². The molecule has 6 nitrogen and oxygen atoms in total. The molecule has 0 saturated heterocycles. The highest BCUT2D eigenvalue weighted by Gasteiger charge is 2.10. The first-order chi connectivity index (χ1) is 13.6. The zero-order chi connectivity index (χ0) is 19.8. The number of benzene rings is 2. The van der Waals surface area contributed by atoms with Crippen LogP contribution >= 0.6 is 23.4 Å². The molecule has 1 heterocycles. The van der Waals surface area contributed by atoms with Gasteiger partial charge in [0, 0.05) is 23.7 Å². The minimum Gasteiger partial charge on any atom is -0.497 e. The second-order valence-corrected chi connectivity index (χ2v) is 7.41. The lowest BCUT2D eigenvalue weighted by atomic mass is 10.1. The van der Waals surface area contributed by atoms with Gasteiger partial charge in [0.1, 0.15) is 5.75 Å². The Morgan fingerprint density at radius 1 is 1.18 bits per heavy atom. The van der Waals surface area contributed by atoms with Crippen molar-refractivity contribution in [3.63, 3.8) is 0 Å². The average Bonchev–Trinajstić information content (AvgIpc) is 3.15. The van der Waals surface area contributed by atoms with Crippen molar-refractivity contribution in [2.24, 2.45) is 0 Å². The Labute approximate surface area is 172 Å². The van der Waals surface area contributed by atoms with E-state index in [0.29, 0.717) is 41.3 Å². The summed E-state index contributed by atoms with van der Waals surface area (Å²) in [6.45, 7) is 0.412. The average molecular weight is 418 g/mol. The van der Waals surface area contributed by atoms with Crippen molar-refractivity contribution in [2.75, 3.05) is 12.9 Å². The van der Waals surface area contributed by atoms with Crippen LogP contribution in [0.5, 0.6) is 5.75 Å². The Kier molecular flexibility index (Phi) is 7.33. The van der Waals surface area contributed by atoms with Gasteiger partial charge in [0.25, 0.3) is 5.22 Å². The fourth-order valence-corrected chi connectivity index (χ4v) is 3.36. The van der Waals surface area contributed by atoms with Crippen LogP contribution in [0.3, 0.4) is 0 Å². The summed E-state index contributed by atoms with van der Waals surface area (Å²) >= 11 is 7.44. The van der Waals surface area contributed by atoms with Crippen molar-refractivity contribution in [1.29, 1.82) is 0 Å². The number of rotatable bonds is 9. The van der Waals surface area contributed by atoms with Crippen molar-refractivity contribution in [3.05, 3.63) is 70.6 Å². The molecule has 3 rings (SSSR count). The van der Waals surface area contributed by atoms with E-state index in [1.54, 1.807) is 13.2 Å². The Morgan fingerprint density at radius 2 is 1.96 bits per heavy atom. The van der Waals surface area contributed by atoms with Gasteiger partial charge in [-0.25, -0.2) is 0 Å². The third-order valence-corrected chi connectivity index (χ3v) is 5.14. The molecule has 1 amide bonds. The summed E-state index contributed by atoms with van der Waals surface area (Å²) in [5.41, 5.74) is 1.95. The molecule has 0 fully saturated rings. The number of carbonyl (C=O) groups excluding carboxylic acids is 1. The van der Waals surface area contributed by atoms with Gasteiger partial charge in [-0.3, -0.25) is 4.79 Å². The molecule has 0 bridgehead atoms. The van der Waals surface area contributed by atoms with Crippen molar-refractivity contribution in [1.82, 2.24) is 15.5 Å². The van der Waals surface area contributed by atoms with Gasteiger partial charge in [-0.05, 0) is 29.3 Å². The van der Waals surface area contributed by atoms with Gasteiger partial charge in [-0.2, -0.15) is 0 Å². The Hall–Kier alpha value is -2.51. The monoisotopic (exact) mass is 417 g/mol. The lowest BCUT2D eigenvalue weighted by Crippen LogP contribution is -2.23. The van der Waals surface area contributed by atoms with E-state index < -0.39 is 0 Å². The Morgan fingerprint density at radius 3 is 2.71 bits per heavy atom.